The first-order valence-electron chi connectivity index (χ1n) is 8.11. The van der Waals surface area contributed by atoms with E-state index in [1.807, 2.05) is 0 Å². The zero-order valence-electron chi connectivity index (χ0n) is 13.1. The fourth-order valence-electron chi connectivity index (χ4n) is 4.01. The van der Waals surface area contributed by atoms with Crippen LogP contribution < -0.4 is 4.74 Å². The van der Waals surface area contributed by atoms with Gasteiger partial charge in [0.25, 0.3) is 0 Å². The normalized spacial score (nSPS) is 26.2. The van der Waals surface area contributed by atoms with E-state index in [9.17, 15) is 18.3 Å². The van der Waals surface area contributed by atoms with E-state index in [-0.39, 0.29) is 11.7 Å². The molecule has 0 spiro atoms. The summed E-state index contributed by atoms with van der Waals surface area (Å²) >= 11 is 0. The Morgan fingerprint density at radius 3 is 2.33 bits per heavy atom. The maximum atomic E-state index is 12.3. The lowest BCUT2D eigenvalue weighted by Crippen LogP contribution is -2.50. The summed E-state index contributed by atoms with van der Waals surface area (Å²) in [5.41, 5.74) is 0.938. The molecule has 0 bridgehead atoms. The Bertz CT molecular complexity index is 609. The number of benzene rings is 1. The molecule has 1 aromatic rings. The van der Waals surface area contributed by atoms with Crippen LogP contribution in [0.2, 0.25) is 0 Å². The molecule has 4 nitrogen and oxygen atoms in total. The van der Waals surface area contributed by atoms with Crippen LogP contribution in [0.5, 0.6) is 5.75 Å². The van der Waals surface area contributed by atoms with Crippen molar-refractivity contribution in [2.24, 2.45) is 11.1 Å². The summed E-state index contributed by atoms with van der Waals surface area (Å²) < 4.78 is 40.7. The molecule has 0 aromatic heterocycles. The highest BCUT2D eigenvalue weighted by atomic mass is 19.4. The van der Waals surface area contributed by atoms with Crippen molar-refractivity contribution in [2.45, 2.75) is 56.4 Å². The van der Waals surface area contributed by atoms with Gasteiger partial charge in [0.2, 0.25) is 0 Å². The average molecular weight is 343 g/mol. The second-order valence-electron chi connectivity index (χ2n) is 6.62. The molecule has 1 aromatic carbocycles. The van der Waals surface area contributed by atoms with Crippen LogP contribution in [-0.4, -0.2) is 28.5 Å². The highest BCUT2D eigenvalue weighted by Crippen LogP contribution is 2.50. The largest absolute Gasteiger partial charge is 0.573 e. The number of oxime groups is 1. The third-order valence-corrected chi connectivity index (χ3v) is 5.36. The van der Waals surface area contributed by atoms with Crippen molar-refractivity contribution in [2.75, 3.05) is 0 Å². The van der Waals surface area contributed by atoms with Crippen molar-refractivity contribution in [3.8, 4) is 5.75 Å². The minimum absolute atomic E-state index is 0.193. The van der Waals surface area contributed by atoms with Crippen LogP contribution in [0.1, 0.15) is 44.1 Å². The predicted octanol–water partition coefficient (Wildman–Crippen LogP) is 4.00. The van der Waals surface area contributed by atoms with Crippen LogP contribution in [-0.2, 0) is 5.41 Å². The highest BCUT2D eigenvalue weighted by Gasteiger charge is 2.49. The van der Waals surface area contributed by atoms with Gasteiger partial charge < -0.3 is 15.1 Å². The Kier molecular flexibility index (Phi) is 4.46. The van der Waals surface area contributed by atoms with Crippen LogP contribution in [0.25, 0.3) is 0 Å². The molecule has 2 aliphatic carbocycles. The van der Waals surface area contributed by atoms with E-state index < -0.39 is 17.9 Å². The predicted molar refractivity (Wildman–Crippen MR) is 81.2 cm³/mol. The van der Waals surface area contributed by atoms with E-state index in [0.717, 1.165) is 37.7 Å². The monoisotopic (exact) mass is 343 g/mol. The van der Waals surface area contributed by atoms with Gasteiger partial charge in [0.15, 0.2) is 0 Å². The second kappa shape index (κ2) is 6.27. The molecule has 24 heavy (non-hydrogen) atoms. The topological polar surface area (TPSA) is 62.1 Å². The number of rotatable bonds is 4. The van der Waals surface area contributed by atoms with Gasteiger partial charge in [-0.05, 0) is 49.8 Å². The second-order valence-corrected chi connectivity index (χ2v) is 6.62. The lowest BCUT2D eigenvalue weighted by atomic mass is 9.58. The van der Waals surface area contributed by atoms with Crippen LogP contribution >= 0.6 is 0 Å². The third-order valence-electron chi connectivity index (χ3n) is 5.36. The molecule has 7 heteroatoms. The Labute approximate surface area is 137 Å². The van der Waals surface area contributed by atoms with Crippen LogP contribution in [0.3, 0.4) is 0 Å². The van der Waals surface area contributed by atoms with E-state index in [1.54, 1.807) is 12.1 Å². The summed E-state index contributed by atoms with van der Waals surface area (Å²) in [6.45, 7) is 0. The number of aliphatic hydroxyl groups is 1. The van der Waals surface area contributed by atoms with Crippen LogP contribution in [0.15, 0.2) is 29.4 Å². The summed E-state index contributed by atoms with van der Waals surface area (Å²) in [5.74, 6) is -0.463. The molecule has 0 radical (unpaired) electrons. The molecule has 2 atom stereocenters. The first kappa shape index (κ1) is 17.1. The van der Waals surface area contributed by atoms with Crippen molar-refractivity contribution in [1.82, 2.24) is 0 Å². The summed E-state index contributed by atoms with van der Waals surface area (Å²) in [5, 5.41) is 23.4. The summed E-state index contributed by atoms with van der Waals surface area (Å²) in [7, 11) is 0. The summed E-state index contributed by atoms with van der Waals surface area (Å²) in [4.78, 5) is 0. The molecule has 0 saturated heterocycles. The molecule has 132 valence electrons. The van der Waals surface area contributed by atoms with Crippen LogP contribution in [0, 0.1) is 5.92 Å². The lowest BCUT2D eigenvalue weighted by Gasteiger charge is -2.48. The first-order chi connectivity index (χ1) is 11.4. The van der Waals surface area contributed by atoms with E-state index in [4.69, 9.17) is 5.21 Å². The third kappa shape index (κ3) is 3.09. The quantitative estimate of drug-likeness (QED) is 0.642. The van der Waals surface area contributed by atoms with E-state index in [1.165, 1.54) is 12.1 Å². The number of nitrogens with zero attached hydrogens (tertiary/aromatic N) is 1. The Morgan fingerprint density at radius 2 is 1.83 bits per heavy atom. The van der Waals surface area contributed by atoms with Gasteiger partial charge >= 0.3 is 6.36 Å². The molecule has 0 amide bonds. The first-order valence-corrected chi connectivity index (χ1v) is 8.11. The van der Waals surface area contributed by atoms with Gasteiger partial charge in [0, 0.05) is 11.3 Å². The fraction of sp³-hybridized carbons (Fsp3) is 0.588. The van der Waals surface area contributed by atoms with Crippen molar-refractivity contribution in [3.05, 3.63) is 29.8 Å². The average Bonchev–Trinajstić information content (AvgIpc) is 2.94. The number of ether oxygens (including phenoxy) is 1. The van der Waals surface area contributed by atoms with Crippen molar-refractivity contribution < 1.29 is 28.2 Å². The van der Waals surface area contributed by atoms with Gasteiger partial charge in [-0.25, -0.2) is 0 Å². The zero-order valence-corrected chi connectivity index (χ0v) is 13.1. The summed E-state index contributed by atoms with van der Waals surface area (Å²) in [6.07, 6.45) is -0.623. The minimum atomic E-state index is -4.72. The Hall–Kier alpha value is -1.76. The number of aliphatic hydroxyl groups excluding tert-OH is 1. The molecule has 2 fully saturated rings. The molecule has 0 aliphatic heterocycles. The Balaban J connectivity index is 1.82. The molecule has 2 N–H and O–H groups in total. The van der Waals surface area contributed by atoms with E-state index in [2.05, 4.69) is 9.89 Å². The van der Waals surface area contributed by atoms with Gasteiger partial charge in [-0.2, -0.15) is 0 Å². The van der Waals surface area contributed by atoms with Gasteiger partial charge in [-0.3, -0.25) is 0 Å². The zero-order chi connectivity index (χ0) is 17.4. The van der Waals surface area contributed by atoms with Crippen molar-refractivity contribution in [3.63, 3.8) is 0 Å². The lowest BCUT2D eigenvalue weighted by molar-refractivity contribution is -0.274. The minimum Gasteiger partial charge on any atom is -0.411 e. The number of alkyl halides is 3. The van der Waals surface area contributed by atoms with Gasteiger partial charge in [-0.15, -0.1) is 13.2 Å². The molecule has 2 saturated carbocycles. The molecule has 0 heterocycles. The maximum absolute atomic E-state index is 12.3. The molecule has 3 rings (SSSR count). The highest BCUT2D eigenvalue weighted by molar-refractivity contribution is 5.88. The molecule has 2 aliphatic rings. The van der Waals surface area contributed by atoms with E-state index in [0.29, 0.717) is 12.1 Å². The van der Waals surface area contributed by atoms with Crippen LogP contribution in [0.4, 0.5) is 13.2 Å². The van der Waals surface area contributed by atoms with Crippen molar-refractivity contribution >= 4 is 5.71 Å². The van der Waals surface area contributed by atoms with Gasteiger partial charge in [0.05, 0.1) is 11.8 Å². The summed E-state index contributed by atoms with van der Waals surface area (Å²) in [6, 6.07) is 5.75. The smallest absolute Gasteiger partial charge is 0.411 e. The standard InChI is InChI=1S/C17H20F3NO3/c18-17(19,20)24-12-7-5-11(6-8-12)16(9-2-10-16)15(22)13-3-1-4-14(13)21-23/h5-8,13,15,22-23H,1-4,9-10H2/t13-,15?/m1/s1. The van der Waals surface area contributed by atoms with Gasteiger partial charge in [0.1, 0.15) is 5.75 Å². The van der Waals surface area contributed by atoms with Gasteiger partial charge in [-0.1, -0.05) is 23.7 Å². The van der Waals surface area contributed by atoms with E-state index >= 15 is 0 Å². The van der Waals surface area contributed by atoms with Crippen molar-refractivity contribution in [1.29, 1.82) is 0 Å². The number of hydrogen-bond donors (Lipinski definition) is 2. The molecular formula is C17H20F3NO3. The Morgan fingerprint density at radius 1 is 1.17 bits per heavy atom. The molecular weight excluding hydrogens is 323 g/mol. The number of halogens is 3. The molecule has 1 unspecified atom stereocenters. The maximum Gasteiger partial charge on any atom is 0.573 e. The number of hydrogen-bond acceptors (Lipinski definition) is 4. The SMILES string of the molecule is ON=C1CCC[C@H]1C(O)C1(c2ccc(OC(F)(F)F)cc2)CCC1. The fourth-order valence-corrected chi connectivity index (χ4v) is 4.01.